The van der Waals surface area contributed by atoms with Gasteiger partial charge in [0.1, 0.15) is 35.5 Å². The predicted octanol–water partition coefficient (Wildman–Crippen LogP) is 4.40. The van der Waals surface area contributed by atoms with Gasteiger partial charge < -0.3 is 9.72 Å². The molecule has 0 aliphatic rings. The number of hydrogen-bond acceptors (Lipinski definition) is 5. The van der Waals surface area contributed by atoms with Crippen molar-refractivity contribution in [3.63, 3.8) is 0 Å². The lowest BCUT2D eigenvalue weighted by atomic mass is 10.1. The molecule has 3 rings (SSSR count). The van der Waals surface area contributed by atoms with E-state index in [0.717, 1.165) is 5.56 Å². The molecule has 27 heavy (non-hydrogen) atoms. The highest BCUT2D eigenvalue weighted by molar-refractivity contribution is 7.98. The number of aromatic amines is 1. The zero-order valence-corrected chi connectivity index (χ0v) is 15.7. The summed E-state index contributed by atoms with van der Waals surface area (Å²) in [6, 6.07) is 12.7. The van der Waals surface area contributed by atoms with Crippen LogP contribution in [0.25, 0.3) is 11.3 Å². The number of H-pyrrole nitrogens is 1. The number of thioether (sulfide) groups is 1. The van der Waals surface area contributed by atoms with E-state index in [-0.39, 0.29) is 23.7 Å². The van der Waals surface area contributed by atoms with Crippen molar-refractivity contribution in [1.29, 1.82) is 5.26 Å². The second-order valence-corrected chi connectivity index (χ2v) is 6.70. The molecule has 0 bridgehead atoms. The molecule has 1 aromatic heterocycles. The van der Waals surface area contributed by atoms with Crippen LogP contribution in [0.2, 0.25) is 5.02 Å². The molecule has 0 saturated heterocycles. The molecule has 0 atom stereocenters. The lowest BCUT2D eigenvalue weighted by Crippen LogP contribution is -2.15. The first-order valence-electron chi connectivity index (χ1n) is 7.77. The van der Waals surface area contributed by atoms with E-state index in [1.807, 2.05) is 6.07 Å². The highest BCUT2D eigenvalue weighted by atomic mass is 35.5. The fourth-order valence-corrected chi connectivity index (χ4v) is 2.95. The van der Waals surface area contributed by atoms with Crippen LogP contribution in [0.15, 0.2) is 52.4 Å². The van der Waals surface area contributed by atoms with Crippen molar-refractivity contribution in [2.75, 3.05) is 6.26 Å². The topological polar surface area (TPSA) is 78.8 Å². The molecule has 0 fully saturated rings. The number of hydrogen-bond donors (Lipinski definition) is 1. The van der Waals surface area contributed by atoms with Gasteiger partial charge in [-0.15, -0.1) is 0 Å². The van der Waals surface area contributed by atoms with Crippen LogP contribution < -0.4 is 10.3 Å². The minimum Gasteiger partial charge on any atom is -0.488 e. The van der Waals surface area contributed by atoms with E-state index < -0.39 is 5.56 Å². The molecule has 0 spiro atoms. The van der Waals surface area contributed by atoms with Crippen LogP contribution >= 0.6 is 23.4 Å². The number of nitrogens with one attached hydrogen (secondary N) is 1. The molecule has 0 amide bonds. The van der Waals surface area contributed by atoms with E-state index in [0.29, 0.717) is 21.5 Å². The lowest BCUT2D eigenvalue weighted by Gasteiger charge is -2.13. The van der Waals surface area contributed by atoms with E-state index in [2.05, 4.69) is 9.97 Å². The molecule has 5 nitrogen and oxygen atoms in total. The number of ether oxygens (including phenoxy) is 1. The Kier molecular flexibility index (Phi) is 5.79. The third-order valence-corrected chi connectivity index (χ3v) is 4.52. The van der Waals surface area contributed by atoms with Crippen molar-refractivity contribution < 1.29 is 9.13 Å². The van der Waals surface area contributed by atoms with Crippen LogP contribution in [0.5, 0.6) is 5.75 Å². The van der Waals surface area contributed by atoms with Gasteiger partial charge in [-0.05, 0) is 42.2 Å². The largest absolute Gasteiger partial charge is 0.488 e. The summed E-state index contributed by atoms with van der Waals surface area (Å²) in [6.45, 7) is 0.176. The maximum atomic E-state index is 13.0. The SMILES string of the molecule is CSc1nc(-c2cc(Cl)ccc2OCc2ccc(F)cc2)c(C#N)c(=O)[nH]1. The summed E-state index contributed by atoms with van der Waals surface area (Å²) >= 11 is 7.36. The van der Waals surface area contributed by atoms with Crippen LogP contribution in [0.3, 0.4) is 0 Å². The van der Waals surface area contributed by atoms with E-state index in [1.54, 1.807) is 36.6 Å². The minimum absolute atomic E-state index is 0.123. The summed E-state index contributed by atoms with van der Waals surface area (Å²) in [5, 5.41) is 10.2. The lowest BCUT2D eigenvalue weighted by molar-refractivity contribution is 0.307. The van der Waals surface area contributed by atoms with Gasteiger partial charge in [0.25, 0.3) is 5.56 Å². The highest BCUT2D eigenvalue weighted by Crippen LogP contribution is 2.33. The summed E-state index contributed by atoms with van der Waals surface area (Å²) < 4.78 is 18.9. The number of nitrogens with zero attached hydrogens (tertiary/aromatic N) is 2. The smallest absolute Gasteiger partial charge is 0.270 e. The first-order valence-corrected chi connectivity index (χ1v) is 9.37. The van der Waals surface area contributed by atoms with Crippen molar-refractivity contribution in [3.05, 3.63) is 74.8 Å². The molecular formula is C19H13ClFN3O2S. The Labute approximate surface area is 163 Å². The van der Waals surface area contributed by atoms with Gasteiger partial charge in [-0.3, -0.25) is 4.79 Å². The monoisotopic (exact) mass is 401 g/mol. The van der Waals surface area contributed by atoms with Crippen molar-refractivity contribution in [1.82, 2.24) is 9.97 Å². The Balaban J connectivity index is 2.05. The first kappa shape index (κ1) is 19.0. The molecule has 0 saturated carbocycles. The zero-order chi connectivity index (χ0) is 19.4. The van der Waals surface area contributed by atoms with Gasteiger partial charge in [0.15, 0.2) is 5.16 Å². The predicted molar refractivity (Wildman–Crippen MR) is 103 cm³/mol. The molecule has 0 unspecified atom stereocenters. The van der Waals surface area contributed by atoms with Crippen LogP contribution in [-0.2, 0) is 6.61 Å². The Morgan fingerprint density at radius 2 is 2.04 bits per heavy atom. The Hall–Kier alpha value is -2.82. The molecule has 0 aliphatic heterocycles. The normalized spacial score (nSPS) is 10.4. The van der Waals surface area contributed by atoms with E-state index in [1.165, 1.54) is 23.9 Å². The molecule has 1 N–H and O–H groups in total. The summed E-state index contributed by atoms with van der Waals surface area (Å²) in [6.07, 6.45) is 1.76. The summed E-state index contributed by atoms with van der Waals surface area (Å²) in [7, 11) is 0. The Bertz CT molecular complexity index is 1080. The maximum absolute atomic E-state index is 13.0. The molecule has 136 valence electrons. The fourth-order valence-electron chi connectivity index (χ4n) is 2.40. The summed E-state index contributed by atoms with van der Waals surface area (Å²) in [5.74, 6) is 0.0762. The third-order valence-electron chi connectivity index (χ3n) is 3.71. The first-order chi connectivity index (χ1) is 13.0. The van der Waals surface area contributed by atoms with Crippen molar-refractivity contribution in [2.24, 2.45) is 0 Å². The molecule has 3 aromatic rings. The van der Waals surface area contributed by atoms with Crippen molar-refractivity contribution in [2.45, 2.75) is 11.8 Å². The highest BCUT2D eigenvalue weighted by Gasteiger charge is 2.18. The van der Waals surface area contributed by atoms with Crippen LogP contribution in [-0.4, -0.2) is 16.2 Å². The standard InChI is InChI=1S/C19H13ClFN3O2S/c1-27-19-23-17(15(9-22)18(25)24-19)14-8-12(20)4-7-16(14)26-10-11-2-5-13(21)6-3-11/h2-8H,10H2,1H3,(H,23,24,25). The summed E-state index contributed by atoms with van der Waals surface area (Å²) in [4.78, 5) is 19.1. The van der Waals surface area contributed by atoms with E-state index in [4.69, 9.17) is 16.3 Å². The molecular weight excluding hydrogens is 389 g/mol. The van der Waals surface area contributed by atoms with E-state index in [9.17, 15) is 14.4 Å². The maximum Gasteiger partial charge on any atom is 0.270 e. The van der Waals surface area contributed by atoms with Crippen molar-refractivity contribution in [3.8, 4) is 23.1 Å². The molecule has 8 heteroatoms. The van der Waals surface area contributed by atoms with Crippen molar-refractivity contribution >= 4 is 23.4 Å². The summed E-state index contributed by atoms with van der Waals surface area (Å²) in [5.41, 5.74) is 0.740. The van der Waals surface area contributed by atoms with Crippen LogP contribution in [0, 0.1) is 17.1 Å². The second-order valence-electron chi connectivity index (χ2n) is 5.47. The Morgan fingerprint density at radius 3 is 2.70 bits per heavy atom. The Morgan fingerprint density at radius 1 is 1.30 bits per heavy atom. The average Bonchev–Trinajstić information content (AvgIpc) is 2.67. The molecule has 1 heterocycles. The molecule has 0 radical (unpaired) electrons. The molecule has 2 aromatic carbocycles. The van der Waals surface area contributed by atoms with Gasteiger partial charge in [-0.25, -0.2) is 9.37 Å². The number of nitriles is 1. The van der Waals surface area contributed by atoms with Crippen LogP contribution in [0.1, 0.15) is 11.1 Å². The number of halogens is 2. The minimum atomic E-state index is -0.531. The van der Waals surface area contributed by atoms with Gasteiger partial charge in [0.2, 0.25) is 0 Å². The quantitative estimate of drug-likeness (QED) is 0.506. The van der Waals surface area contributed by atoms with Gasteiger partial charge in [-0.1, -0.05) is 35.5 Å². The zero-order valence-electron chi connectivity index (χ0n) is 14.1. The number of benzene rings is 2. The second kappa shape index (κ2) is 8.25. The van der Waals surface area contributed by atoms with Gasteiger partial charge in [0, 0.05) is 10.6 Å². The third kappa shape index (κ3) is 4.30. The van der Waals surface area contributed by atoms with Crippen LogP contribution in [0.4, 0.5) is 4.39 Å². The fraction of sp³-hybridized carbons (Fsp3) is 0.105. The van der Waals surface area contributed by atoms with E-state index >= 15 is 0 Å². The van der Waals surface area contributed by atoms with Gasteiger partial charge in [-0.2, -0.15) is 5.26 Å². The van der Waals surface area contributed by atoms with Gasteiger partial charge in [0.05, 0.1) is 0 Å². The average molecular weight is 402 g/mol. The number of rotatable bonds is 5. The van der Waals surface area contributed by atoms with Gasteiger partial charge >= 0.3 is 0 Å². The number of aromatic nitrogens is 2. The molecule has 0 aliphatic carbocycles.